The molecule has 2 aliphatic rings. The number of para-hydroxylation sites is 2. The van der Waals surface area contributed by atoms with E-state index >= 15 is 0 Å². The number of aryl methyl sites for hydroxylation is 1. The average Bonchev–Trinajstić information content (AvgIpc) is 3.27. The van der Waals surface area contributed by atoms with Gasteiger partial charge in [-0.2, -0.15) is 0 Å². The second kappa shape index (κ2) is 5.44. The molecule has 2 saturated heterocycles. The smallest absolute Gasteiger partial charge is 0.206 e. The van der Waals surface area contributed by atoms with E-state index in [1.54, 1.807) is 12.3 Å². The summed E-state index contributed by atoms with van der Waals surface area (Å²) in [7, 11) is 2.08. The van der Waals surface area contributed by atoms with Crippen LogP contribution in [0.5, 0.6) is 0 Å². The zero-order chi connectivity index (χ0) is 17.0. The molecule has 3 aromatic rings. The Morgan fingerprint density at radius 1 is 0.960 bits per heavy atom. The Kier molecular flexibility index (Phi) is 3.20. The van der Waals surface area contributed by atoms with Crippen LogP contribution in [0.15, 0.2) is 42.6 Å². The van der Waals surface area contributed by atoms with Gasteiger partial charge in [-0.05, 0) is 24.3 Å². The first-order valence-corrected chi connectivity index (χ1v) is 8.72. The third-order valence-corrected chi connectivity index (χ3v) is 5.57. The third kappa shape index (κ3) is 2.27. The highest BCUT2D eigenvalue weighted by Crippen LogP contribution is 2.36. The number of imidazole rings is 1. The molecular weight excluding hydrogens is 317 g/mol. The van der Waals surface area contributed by atoms with Gasteiger partial charge in [-0.15, -0.1) is 0 Å². The lowest BCUT2D eigenvalue weighted by atomic mass is 10.0. The van der Waals surface area contributed by atoms with Crippen molar-refractivity contribution in [1.82, 2.24) is 14.5 Å². The third-order valence-electron chi connectivity index (χ3n) is 5.57. The van der Waals surface area contributed by atoms with Crippen LogP contribution < -0.4 is 9.80 Å². The molecule has 0 aliphatic carbocycles. The summed E-state index contributed by atoms with van der Waals surface area (Å²) in [5.41, 5.74) is 2.20. The van der Waals surface area contributed by atoms with Crippen LogP contribution in [-0.4, -0.2) is 40.7 Å². The first-order valence-electron chi connectivity index (χ1n) is 8.72. The molecule has 2 aromatic heterocycles. The van der Waals surface area contributed by atoms with Crippen molar-refractivity contribution in [1.29, 1.82) is 0 Å². The van der Waals surface area contributed by atoms with Crippen LogP contribution in [0, 0.1) is 17.7 Å². The number of aromatic nitrogens is 3. The van der Waals surface area contributed by atoms with Crippen molar-refractivity contribution >= 4 is 22.8 Å². The molecule has 5 rings (SSSR count). The van der Waals surface area contributed by atoms with Crippen molar-refractivity contribution in [3.05, 3.63) is 48.4 Å². The molecule has 0 amide bonds. The second-order valence-electron chi connectivity index (χ2n) is 7.10. The van der Waals surface area contributed by atoms with E-state index in [1.165, 1.54) is 6.07 Å². The van der Waals surface area contributed by atoms with E-state index in [0.29, 0.717) is 17.7 Å². The van der Waals surface area contributed by atoms with E-state index in [2.05, 4.69) is 38.5 Å². The van der Waals surface area contributed by atoms with Gasteiger partial charge in [0.15, 0.2) is 11.6 Å². The molecule has 0 spiro atoms. The minimum atomic E-state index is -0.227. The number of benzene rings is 1. The normalized spacial score (nSPS) is 22.8. The molecule has 2 fully saturated rings. The molecular formula is C19H20FN5. The number of fused-ring (bicyclic) bond motifs is 2. The highest BCUT2D eigenvalue weighted by molar-refractivity contribution is 5.78. The molecule has 0 bridgehead atoms. The minimum Gasteiger partial charge on any atom is -0.353 e. The molecule has 128 valence electrons. The zero-order valence-corrected chi connectivity index (χ0v) is 14.1. The van der Waals surface area contributed by atoms with Crippen LogP contribution in [0.4, 0.5) is 16.2 Å². The van der Waals surface area contributed by atoms with Crippen LogP contribution in [-0.2, 0) is 7.05 Å². The summed E-state index contributed by atoms with van der Waals surface area (Å²) in [6.07, 6.45) is 1.66. The predicted molar refractivity (Wildman–Crippen MR) is 96.3 cm³/mol. The van der Waals surface area contributed by atoms with Crippen molar-refractivity contribution in [2.24, 2.45) is 18.9 Å². The van der Waals surface area contributed by atoms with Crippen LogP contribution in [0.2, 0.25) is 0 Å². The van der Waals surface area contributed by atoms with Crippen LogP contribution in [0.25, 0.3) is 11.0 Å². The zero-order valence-electron chi connectivity index (χ0n) is 14.1. The van der Waals surface area contributed by atoms with Gasteiger partial charge >= 0.3 is 0 Å². The van der Waals surface area contributed by atoms with Crippen molar-refractivity contribution in [2.75, 3.05) is 36.0 Å². The molecule has 2 unspecified atom stereocenters. The maximum atomic E-state index is 14.0. The average molecular weight is 337 g/mol. The highest BCUT2D eigenvalue weighted by Gasteiger charge is 2.42. The number of hydrogen-bond donors (Lipinski definition) is 0. The van der Waals surface area contributed by atoms with E-state index in [4.69, 9.17) is 4.98 Å². The summed E-state index contributed by atoms with van der Waals surface area (Å²) in [4.78, 5) is 13.5. The Morgan fingerprint density at radius 3 is 2.40 bits per heavy atom. The van der Waals surface area contributed by atoms with Crippen molar-refractivity contribution in [3.63, 3.8) is 0 Å². The number of halogens is 1. The van der Waals surface area contributed by atoms with E-state index < -0.39 is 0 Å². The van der Waals surface area contributed by atoms with Crippen molar-refractivity contribution in [2.45, 2.75) is 0 Å². The topological polar surface area (TPSA) is 37.2 Å². The molecule has 0 saturated carbocycles. The molecule has 25 heavy (non-hydrogen) atoms. The number of hydrogen-bond acceptors (Lipinski definition) is 4. The van der Waals surface area contributed by atoms with E-state index in [0.717, 1.165) is 43.2 Å². The van der Waals surface area contributed by atoms with Gasteiger partial charge in [0.2, 0.25) is 5.95 Å². The predicted octanol–water partition coefficient (Wildman–Crippen LogP) is 2.68. The Labute approximate surface area is 145 Å². The molecule has 4 heterocycles. The van der Waals surface area contributed by atoms with Crippen molar-refractivity contribution < 1.29 is 4.39 Å². The Bertz CT molecular complexity index is 922. The fourth-order valence-electron chi connectivity index (χ4n) is 4.36. The van der Waals surface area contributed by atoms with Crippen molar-refractivity contribution in [3.8, 4) is 0 Å². The lowest BCUT2D eigenvalue weighted by molar-refractivity contribution is 0.533. The van der Waals surface area contributed by atoms with Gasteiger partial charge in [0.05, 0.1) is 11.0 Å². The number of rotatable bonds is 2. The van der Waals surface area contributed by atoms with Gasteiger partial charge in [0.25, 0.3) is 0 Å². The van der Waals surface area contributed by atoms with Gasteiger partial charge in [-0.1, -0.05) is 12.1 Å². The Balaban J connectivity index is 1.37. The van der Waals surface area contributed by atoms with Crippen LogP contribution in [0.3, 0.4) is 0 Å². The minimum absolute atomic E-state index is 0.227. The first-order chi connectivity index (χ1) is 12.2. The number of anilines is 2. The molecule has 1 aromatic carbocycles. The van der Waals surface area contributed by atoms with Gasteiger partial charge in [0.1, 0.15) is 0 Å². The monoisotopic (exact) mass is 337 g/mol. The SMILES string of the molecule is Cn1c(N2CC3CN(c4ncccc4F)CC3C2)nc2ccccc21. The largest absolute Gasteiger partial charge is 0.353 e. The Hall–Kier alpha value is -2.63. The standard InChI is InChI=1S/C19H20FN5/c1-23-17-7-3-2-6-16(17)22-19(23)25-11-13-9-24(10-14(13)12-25)18-15(20)5-4-8-21-18/h2-8,13-14H,9-12H2,1H3. The number of nitrogens with zero attached hydrogens (tertiary/aromatic N) is 5. The summed E-state index contributed by atoms with van der Waals surface area (Å²) in [6.45, 7) is 3.65. The summed E-state index contributed by atoms with van der Waals surface area (Å²) in [6, 6.07) is 11.4. The van der Waals surface area contributed by atoms with E-state index in [-0.39, 0.29) is 5.82 Å². The van der Waals surface area contributed by atoms with Crippen LogP contribution in [0.1, 0.15) is 0 Å². The quantitative estimate of drug-likeness (QED) is 0.720. The Morgan fingerprint density at radius 2 is 1.68 bits per heavy atom. The number of pyridine rings is 1. The molecule has 5 nitrogen and oxygen atoms in total. The van der Waals surface area contributed by atoms with Gasteiger partial charge in [0, 0.05) is 51.3 Å². The maximum Gasteiger partial charge on any atom is 0.206 e. The van der Waals surface area contributed by atoms with Gasteiger partial charge in [-0.3, -0.25) is 0 Å². The lowest BCUT2D eigenvalue weighted by Gasteiger charge is -2.23. The summed E-state index contributed by atoms with van der Waals surface area (Å²) in [5.74, 6) is 2.36. The maximum absolute atomic E-state index is 14.0. The summed E-state index contributed by atoms with van der Waals surface area (Å²) >= 11 is 0. The lowest BCUT2D eigenvalue weighted by Crippen LogP contribution is -2.30. The van der Waals surface area contributed by atoms with Gasteiger partial charge in [-0.25, -0.2) is 14.4 Å². The molecule has 0 radical (unpaired) electrons. The van der Waals surface area contributed by atoms with E-state index in [9.17, 15) is 4.39 Å². The molecule has 2 aliphatic heterocycles. The molecule has 2 atom stereocenters. The van der Waals surface area contributed by atoms with Gasteiger partial charge < -0.3 is 14.4 Å². The fraction of sp³-hybridized carbons (Fsp3) is 0.368. The van der Waals surface area contributed by atoms with Crippen LogP contribution >= 0.6 is 0 Å². The first kappa shape index (κ1) is 14.7. The summed E-state index contributed by atoms with van der Waals surface area (Å²) < 4.78 is 16.2. The molecule has 6 heteroatoms. The fourth-order valence-corrected chi connectivity index (χ4v) is 4.36. The molecule has 0 N–H and O–H groups in total. The summed E-state index contributed by atoms with van der Waals surface area (Å²) in [5, 5.41) is 0. The second-order valence-corrected chi connectivity index (χ2v) is 7.10. The van der Waals surface area contributed by atoms with E-state index in [1.807, 2.05) is 12.1 Å². The highest BCUT2D eigenvalue weighted by atomic mass is 19.1.